The van der Waals surface area contributed by atoms with Crippen molar-refractivity contribution in [3.05, 3.63) is 409 Å². The first kappa shape index (κ1) is 64.4. The molecule has 504 valence electrons. The molecule has 21 rings (SSSR count). The van der Waals surface area contributed by atoms with Gasteiger partial charge in [-0.15, -0.1) is 0 Å². The van der Waals surface area contributed by atoms with Crippen LogP contribution in [0.15, 0.2) is 364 Å². The van der Waals surface area contributed by atoms with Gasteiger partial charge >= 0.3 is 0 Å². The van der Waals surface area contributed by atoms with Crippen LogP contribution in [-0.2, 0) is 12.8 Å². The topological polar surface area (TPSA) is 0 Å². The lowest BCUT2D eigenvalue weighted by molar-refractivity contribution is 0.720. The van der Waals surface area contributed by atoms with Gasteiger partial charge in [0.15, 0.2) is 0 Å². The summed E-state index contributed by atoms with van der Waals surface area (Å²) >= 11 is 0. The van der Waals surface area contributed by atoms with E-state index in [1.54, 1.807) is 0 Å². The van der Waals surface area contributed by atoms with Crippen molar-refractivity contribution in [2.45, 2.75) is 64.2 Å². The van der Waals surface area contributed by atoms with Gasteiger partial charge in [-0.2, -0.15) is 0 Å². The van der Waals surface area contributed by atoms with E-state index in [9.17, 15) is 0 Å². The molecule has 18 aromatic rings. The fourth-order valence-electron chi connectivity index (χ4n) is 18.2. The minimum Gasteiger partial charge on any atom is -0.0807 e. The number of allylic oxidation sites excluding steroid dienone is 4. The van der Waals surface area contributed by atoms with E-state index in [1.165, 1.54) is 236 Å². The lowest BCUT2D eigenvalue weighted by Crippen LogP contribution is -2.07. The number of rotatable bonds is 7. The van der Waals surface area contributed by atoms with E-state index in [4.69, 9.17) is 0 Å². The zero-order valence-electron chi connectivity index (χ0n) is 59.7. The Morgan fingerprint density at radius 2 is 0.538 bits per heavy atom. The van der Waals surface area contributed by atoms with Gasteiger partial charge in [-0.05, 0) is 273 Å². The normalized spacial score (nSPS) is 13.7. The quantitative estimate of drug-likeness (QED) is 0.140. The highest BCUT2D eigenvalue weighted by atomic mass is 14.3. The number of fused-ring (bicyclic) bond motifs is 11. The average molecular weight is 1350 g/mol. The molecule has 0 saturated carbocycles. The predicted molar refractivity (Wildman–Crippen MR) is 458 cm³/mol. The summed E-state index contributed by atoms with van der Waals surface area (Å²) in [6.45, 7) is 0. The van der Waals surface area contributed by atoms with Gasteiger partial charge < -0.3 is 0 Å². The molecule has 0 heterocycles. The number of hydrogen-bond donors (Lipinski definition) is 0. The van der Waals surface area contributed by atoms with Crippen LogP contribution in [0.25, 0.3) is 153 Å². The number of hydrogen-bond acceptors (Lipinski definition) is 0. The zero-order chi connectivity index (χ0) is 70.3. The maximum Gasteiger partial charge on any atom is -0.00235 e. The first-order valence-corrected chi connectivity index (χ1v) is 38.3. The van der Waals surface area contributed by atoms with Crippen molar-refractivity contribution in [2.75, 3.05) is 0 Å². The first-order valence-electron chi connectivity index (χ1n) is 38.3. The van der Waals surface area contributed by atoms with E-state index in [-0.39, 0.29) is 0 Å². The van der Waals surface area contributed by atoms with Crippen LogP contribution in [0.2, 0.25) is 0 Å². The van der Waals surface area contributed by atoms with Gasteiger partial charge in [0.05, 0.1) is 0 Å². The van der Waals surface area contributed by atoms with E-state index in [2.05, 4.69) is 364 Å². The molecule has 0 unspecified atom stereocenters. The molecular formula is C106H80. The average Bonchev–Trinajstić information content (AvgIpc) is 0.793. The van der Waals surface area contributed by atoms with Crippen LogP contribution >= 0.6 is 0 Å². The molecular weight excluding hydrogens is 1270 g/mol. The molecule has 0 spiro atoms. The summed E-state index contributed by atoms with van der Waals surface area (Å²) in [6.07, 6.45) is 16.8. The Bertz CT molecular complexity index is 6400. The molecule has 3 aliphatic rings. The summed E-state index contributed by atoms with van der Waals surface area (Å²) in [5.41, 5.74) is 24.7. The molecule has 0 nitrogen and oxygen atoms in total. The predicted octanol–water partition coefficient (Wildman–Crippen LogP) is 29.5. The molecule has 106 heavy (non-hydrogen) atoms. The molecule has 0 amide bonds. The summed E-state index contributed by atoms with van der Waals surface area (Å²) in [4.78, 5) is 0. The van der Waals surface area contributed by atoms with Gasteiger partial charge in [0.2, 0.25) is 0 Å². The highest BCUT2D eigenvalue weighted by Gasteiger charge is 2.27. The Morgan fingerprint density at radius 1 is 0.189 bits per heavy atom. The van der Waals surface area contributed by atoms with Gasteiger partial charge in [-0.1, -0.05) is 352 Å². The van der Waals surface area contributed by atoms with Crippen LogP contribution in [0.1, 0.15) is 95.9 Å². The lowest BCUT2D eigenvalue weighted by Gasteiger charge is -2.27. The lowest BCUT2D eigenvalue weighted by atomic mass is 9.76. The third-order valence-corrected chi connectivity index (χ3v) is 22.9. The molecule has 0 heteroatoms. The maximum absolute atomic E-state index is 2.51. The second-order valence-corrected chi connectivity index (χ2v) is 29.1. The summed E-state index contributed by atoms with van der Waals surface area (Å²) in [5, 5.41) is 23.8. The molecule has 0 aliphatic heterocycles. The van der Waals surface area contributed by atoms with Gasteiger partial charge in [0.1, 0.15) is 0 Å². The smallest absolute Gasteiger partial charge is 0.00235 e. The molecule has 0 bridgehead atoms. The molecule has 0 N–H and O–H groups in total. The summed E-state index contributed by atoms with van der Waals surface area (Å²) in [7, 11) is 0. The molecule has 3 aliphatic carbocycles. The van der Waals surface area contributed by atoms with Gasteiger partial charge in [-0.25, -0.2) is 0 Å². The minimum absolute atomic E-state index is 1.02. The summed E-state index contributed by atoms with van der Waals surface area (Å²) in [5.74, 6) is 0. The third-order valence-electron chi connectivity index (χ3n) is 22.9. The second-order valence-electron chi connectivity index (χ2n) is 29.1. The number of benzene rings is 18. The summed E-state index contributed by atoms with van der Waals surface area (Å²) in [6, 6.07) is 130. The standard InChI is InChI=1S/C40H28.C35H26.C31H26/c1-2-14-29(15-3-1)38-32-17-7-6-13-28(32)24-25-37(38)40-35-20-10-8-18-33(35)39(34-19-9-11-21-36(34)40)31-23-22-27-12-4-5-16-30(27)26-31;1-2-14-26-23-27(22-21-24(26)11-1)34-30-17-7-9-19-32(30)35(33-20-10-8-18-31(33)34)29-16-6-4-13-25-12-3-5-15-28(25)29;1-2-4-13-23(12-3-1)30-26-15-7-9-17-28(26)31(29-18-10-8-16-27(29)30)25-20-19-22-11-5-6-14-24(22)21-25/h1-23,26H,24-25H2;1-3,5,7-12,14-23H,4,6,13H2;5-12,14-21H,1-4,13H2. The second kappa shape index (κ2) is 28.3. The Balaban J connectivity index is 0.000000110. The van der Waals surface area contributed by atoms with Crippen LogP contribution in [0.5, 0.6) is 0 Å². The van der Waals surface area contributed by atoms with Crippen LogP contribution in [0.4, 0.5) is 0 Å². The van der Waals surface area contributed by atoms with Crippen LogP contribution < -0.4 is 0 Å². The largest absolute Gasteiger partial charge is 0.0807 e. The Hall–Kier alpha value is -12.5. The van der Waals surface area contributed by atoms with E-state index in [0.29, 0.717) is 0 Å². The van der Waals surface area contributed by atoms with Gasteiger partial charge in [0.25, 0.3) is 0 Å². The minimum atomic E-state index is 1.02. The fourth-order valence-corrected chi connectivity index (χ4v) is 18.2. The van der Waals surface area contributed by atoms with Gasteiger partial charge in [-0.3, -0.25) is 0 Å². The zero-order valence-corrected chi connectivity index (χ0v) is 59.7. The highest BCUT2D eigenvalue weighted by Crippen LogP contribution is 2.51. The van der Waals surface area contributed by atoms with Crippen molar-refractivity contribution in [1.29, 1.82) is 0 Å². The highest BCUT2D eigenvalue weighted by molar-refractivity contribution is 6.24. The summed E-state index contributed by atoms with van der Waals surface area (Å²) < 4.78 is 0. The van der Waals surface area contributed by atoms with Crippen molar-refractivity contribution in [1.82, 2.24) is 0 Å². The van der Waals surface area contributed by atoms with Crippen LogP contribution in [-0.4, -0.2) is 0 Å². The SMILES string of the molecule is C1=C(c2c3ccccc3c(-c3ccc4ccccc4c3)c3ccccc23)CCCCC1.C1=C(c2c3ccccc3c(-c3ccc4ccccc4c3)c3ccccc23)c2ccccc2CCC1.c1ccc(C2=C(c3c4ccccc4c(-c4ccc5ccccc5c4)c4ccccc34)CCc3ccccc32)cc1. The van der Waals surface area contributed by atoms with Crippen LogP contribution in [0.3, 0.4) is 0 Å². The molecule has 0 radical (unpaired) electrons. The monoisotopic (exact) mass is 1350 g/mol. The third kappa shape index (κ3) is 11.8. The Kier molecular flexibility index (Phi) is 17.2. The molecule has 18 aromatic carbocycles. The fraction of sp³-hybridized carbons (Fsp3) is 0.0943. The van der Waals surface area contributed by atoms with Crippen molar-refractivity contribution in [3.8, 4) is 33.4 Å². The van der Waals surface area contributed by atoms with Crippen molar-refractivity contribution in [3.63, 3.8) is 0 Å². The van der Waals surface area contributed by atoms with Crippen molar-refractivity contribution >= 4 is 119 Å². The van der Waals surface area contributed by atoms with Gasteiger partial charge in [0, 0.05) is 0 Å². The molecule has 0 atom stereocenters. The van der Waals surface area contributed by atoms with E-state index in [0.717, 1.165) is 25.7 Å². The number of aryl methyl sites for hydroxylation is 2. The first-order chi connectivity index (χ1) is 52.6. The van der Waals surface area contributed by atoms with Crippen molar-refractivity contribution in [2.24, 2.45) is 0 Å². The van der Waals surface area contributed by atoms with Crippen LogP contribution in [0, 0.1) is 0 Å². The molecule has 0 aromatic heterocycles. The Morgan fingerprint density at radius 3 is 0.991 bits per heavy atom. The van der Waals surface area contributed by atoms with E-state index < -0.39 is 0 Å². The molecule has 0 saturated heterocycles. The molecule has 0 fully saturated rings. The van der Waals surface area contributed by atoms with E-state index in [1.807, 2.05) is 0 Å². The maximum atomic E-state index is 2.51. The van der Waals surface area contributed by atoms with E-state index >= 15 is 0 Å². The van der Waals surface area contributed by atoms with Crippen molar-refractivity contribution < 1.29 is 0 Å². The Labute approximate surface area is 621 Å².